The average molecular weight is 191 g/mol. The molecule has 0 unspecified atom stereocenters. The van der Waals surface area contributed by atoms with Crippen LogP contribution in [0.25, 0.3) is 0 Å². The molecule has 1 aliphatic rings. The third kappa shape index (κ3) is 1.51. The summed E-state index contributed by atoms with van der Waals surface area (Å²) in [5.74, 6) is -0.743. The van der Waals surface area contributed by atoms with Crippen LogP contribution < -0.4 is 5.32 Å². The van der Waals surface area contributed by atoms with Crippen molar-refractivity contribution >= 4 is 5.97 Å². The van der Waals surface area contributed by atoms with Crippen LogP contribution in [0, 0.1) is 0 Å². The van der Waals surface area contributed by atoms with Gasteiger partial charge in [0.25, 0.3) is 0 Å². The van der Waals surface area contributed by atoms with Crippen molar-refractivity contribution in [2.75, 3.05) is 6.54 Å². The van der Waals surface area contributed by atoms with E-state index in [1.807, 2.05) is 30.3 Å². The van der Waals surface area contributed by atoms with Gasteiger partial charge in [-0.3, -0.25) is 4.79 Å². The van der Waals surface area contributed by atoms with E-state index in [9.17, 15) is 4.79 Å². The van der Waals surface area contributed by atoms with Crippen LogP contribution in [0.4, 0.5) is 0 Å². The van der Waals surface area contributed by atoms with Crippen LogP contribution in [-0.2, 0) is 11.2 Å². The van der Waals surface area contributed by atoms with E-state index < -0.39 is 11.5 Å². The van der Waals surface area contributed by atoms with Gasteiger partial charge in [-0.2, -0.15) is 0 Å². The SMILES string of the molecule is O=C(O)[C@]1(Cc2ccccc2)CCN1. The lowest BCUT2D eigenvalue weighted by Gasteiger charge is -2.39. The zero-order chi connectivity index (χ0) is 10.0. The van der Waals surface area contributed by atoms with Crippen LogP contribution in [-0.4, -0.2) is 23.2 Å². The minimum atomic E-state index is -0.743. The lowest BCUT2D eigenvalue weighted by atomic mass is 9.82. The summed E-state index contributed by atoms with van der Waals surface area (Å²) in [5, 5.41) is 12.1. The van der Waals surface area contributed by atoms with Gasteiger partial charge in [0.2, 0.25) is 0 Å². The van der Waals surface area contributed by atoms with Crippen molar-refractivity contribution in [3.05, 3.63) is 35.9 Å². The molecule has 0 aliphatic carbocycles. The topological polar surface area (TPSA) is 49.3 Å². The molecule has 2 rings (SSSR count). The molecule has 1 saturated heterocycles. The maximum Gasteiger partial charge on any atom is 0.324 e. The highest BCUT2D eigenvalue weighted by Crippen LogP contribution is 2.24. The molecular weight excluding hydrogens is 178 g/mol. The Bertz CT molecular complexity index is 330. The molecule has 0 amide bonds. The van der Waals surface area contributed by atoms with Gasteiger partial charge >= 0.3 is 5.97 Å². The molecule has 0 bridgehead atoms. The summed E-state index contributed by atoms with van der Waals surface area (Å²) in [6.45, 7) is 0.805. The van der Waals surface area contributed by atoms with Crippen LogP contribution in [0.1, 0.15) is 12.0 Å². The maximum absolute atomic E-state index is 11.0. The molecule has 3 heteroatoms. The Morgan fingerprint density at radius 3 is 2.50 bits per heavy atom. The molecule has 0 spiro atoms. The third-order valence-electron chi connectivity index (χ3n) is 2.77. The van der Waals surface area contributed by atoms with Crippen molar-refractivity contribution in [2.45, 2.75) is 18.4 Å². The predicted molar refractivity (Wildman–Crippen MR) is 53.1 cm³/mol. The van der Waals surface area contributed by atoms with E-state index in [4.69, 9.17) is 5.11 Å². The van der Waals surface area contributed by atoms with Crippen molar-refractivity contribution in [1.29, 1.82) is 0 Å². The Morgan fingerprint density at radius 2 is 2.07 bits per heavy atom. The third-order valence-corrected chi connectivity index (χ3v) is 2.77. The fourth-order valence-corrected chi connectivity index (χ4v) is 1.78. The second-order valence-electron chi connectivity index (χ2n) is 3.73. The summed E-state index contributed by atoms with van der Waals surface area (Å²) in [6, 6.07) is 9.73. The first kappa shape index (κ1) is 9.21. The van der Waals surface area contributed by atoms with Crippen LogP contribution in [0.2, 0.25) is 0 Å². The van der Waals surface area contributed by atoms with Crippen LogP contribution in [0.5, 0.6) is 0 Å². The van der Waals surface area contributed by atoms with E-state index in [-0.39, 0.29) is 0 Å². The second-order valence-corrected chi connectivity index (χ2v) is 3.73. The molecule has 1 aromatic rings. The van der Waals surface area contributed by atoms with E-state index in [2.05, 4.69) is 5.32 Å². The quantitative estimate of drug-likeness (QED) is 0.750. The van der Waals surface area contributed by atoms with Crippen molar-refractivity contribution in [3.8, 4) is 0 Å². The highest BCUT2D eigenvalue weighted by Gasteiger charge is 2.43. The van der Waals surface area contributed by atoms with Gasteiger partial charge in [-0.05, 0) is 18.5 Å². The Labute approximate surface area is 82.8 Å². The Kier molecular flexibility index (Phi) is 2.25. The monoisotopic (exact) mass is 191 g/mol. The number of hydrogen-bond donors (Lipinski definition) is 2. The first-order valence-electron chi connectivity index (χ1n) is 4.75. The molecule has 1 atom stereocenters. The molecular formula is C11H13NO2. The zero-order valence-electron chi connectivity index (χ0n) is 7.86. The number of carboxylic acids is 1. The number of rotatable bonds is 3. The normalized spacial score (nSPS) is 25.4. The van der Waals surface area contributed by atoms with E-state index in [0.717, 1.165) is 18.5 Å². The molecule has 0 aromatic heterocycles. The largest absolute Gasteiger partial charge is 0.480 e. The standard InChI is InChI=1S/C11H13NO2/c13-10(14)11(6-7-12-11)8-9-4-2-1-3-5-9/h1-5,12H,6-8H2,(H,13,14)/t11-/m1/s1. The number of hydrogen-bond acceptors (Lipinski definition) is 2. The molecule has 0 saturated carbocycles. The van der Waals surface area contributed by atoms with Crippen LogP contribution >= 0.6 is 0 Å². The number of aliphatic carboxylic acids is 1. The molecule has 2 N–H and O–H groups in total. The average Bonchev–Trinajstić information content (AvgIpc) is 2.12. The van der Waals surface area contributed by atoms with Gasteiger partial charge in [0.05, 0.1) is 0 Å². The predicted octanol–water partition coefficient (Wildman–Crippen LogP) is 1.05. The van der Waals surface area contributed by atoms with E-state index >= 15 is 0 Å². The molecule has 1 heterocycles. The van der Waals surface area contributed by atoms with Gasteiger partial charge in [0, 0.05) is 6.42 Å². The smallest absolute Gasteiger partial charge is 0.324 e. The van der Waals surface area contributed by atoms with Crippen LogP contribution in [0.3, 0.4) is 0 Å². The number of benzene rings is 1. The van der Waals surface area contributed by atoms with Gasteiger partial charge < -0.3 is 10.4 Å². The van der Waals surface area contributed by atoms with Gasteiger partial charge in [-0.1, -0.05) is 30.3 Å². The van der Waals surface area contributed by atoms with E-state index in [1.54, 1.807) is 0 Å². The molecule has 3 nitrogen and oxygen atoms in total. The van der Waals surface area contributed by atoms with Crippen molar-refractivity contribution in [3.63, 3.8) is 0 Å². The molecule has 1 aliphatic heterocycles. The second kappa shape index (κ2) is 3.42. The highest BCUT2D eigenvalue weighted by atomic mass is 16.4. The van der Waals surface area contributed by atoms with E-state index in [1.165, 1.54) is 0 Å². The lowest BCUT2D eigenvalue weighted by Crippen LogP contribution is -2.63. The molecule has 1 aromatic carbocycles. The molecule has 14 heavy (non-hydrogen) atoms. The summed E-state index contributed by atoms with van der Waals surface area (Å²) in [4.78, 5) is 11.0. The van der Waals surface area contributed by atoms with E-state index in [0.29, 0.717) is 6.42 Å². The number of nitrogens with one attached hydrogen (secondary N) is 1. The summed E-state index contributed by atoms with van der Waals surface area (Å²) in [7, 11) is 0. The van der Waals surface area contributed by atoms with Gasteiger partial charge in [0.1, 0.15) is 5.54 Å². The molecule has 74 valence electrons. The maximum atomic E-state index is 11.0. The summed E-state index contributed by atoms with van der Waals surface area (Å²) in [5.41, 5.74) is 0.364. The van der Waals surface area contributed by atoms with Crippen LogP contribution in [0.15, 0.2) is 30.3 Å². The first-order valence-corrected chi connectivity index (χ1v) is 4.75. The summed E-state index contributed by atoms with van der Waals surface area (Å²) in [6.07, 6.45) is 1.29. The minimum absolute atomic E-state index is 0.573. The summed E-state index contributed by atoms with van der Waals surface area (Å²) < 4.78 is 0. The molecule has 0 radical (unpaired) electrons. The zero-order valence-corrected chi connectivity index (χ0v) is 7.86. The molecule has 1 fully saturated rings. The highest BCUT2D eigenvalue weighted by molar-refractivity contribution is 5.80. The Morgan fingerprint density at radius 1 is 1.43 bits per heavy atom. The summed E-state index contributed by atoms with van der Waals surface area (Å²) >= 11 is 0. The van der Waals surface area contributed by atoms with Gasteiger partial charge in [0.15, 0.2) is 0 Å². The Hall–Kier alpha value is -1.35. The van der Waals surface area contributed by atoms with Gasteiger partial charge in [-0.25, -0.2) is 0 Å². The van der Waals surface area contributed by atoms with Crippen molar-refractivity contribution < 1.29 is 9.90 Å². The fourth-order valence-electron chi connectivity index (χ4n) is 1.78. The minimum Gasteiger partial charge on any atom is -0.480 e. The van der Waals surface area contributed by atoms with Crippen molar-refractivity contribution in [2.24, 2.45) is 0 Å². The lowest BCUT2D eigenvalue weighted by molar-refractivity contribution is -0.148. The van der Waals surface area contributed by atoms with Gasteiger partial charge in [-0.15, -0.1) is 0 Å². The number of carboxylic acid groups (broad SMARTS) is 1. The Balaban J connectivity index is 2.13. The fraction of sp³-hybridized carbons (Fsp3) is 0.364. The number of carbonyl (C=O) groups is 1. The van der Waals surface area contributed by atoms with Crippen molar-refractivity contribution in [1.82, 2.24) is 5.32 Å². The first-order chi connectivity index (χ1) is 6.73.